The zero-order chi connectivity index (χ0) is 38.2. The Balaban J connectivity index is 1.11. The van der Waals surface area contributed by atoms with E-state index in [0.29, 0.717) is 5.82 Å². The fraction of sp³-hybridized carbons (Fsp3) is 0. The van der Waals surface area contributed by atoms with Crippen molar-refractivity contribution in [3.63, 3.8) is 0 Å². The smallest absolute Gasteiger partial charge is 0.160 e. The molecule has 0 amide bonds. The highest BCUT2D eigenvalue weighted by Crippen LogP contribution is 2.43. The molecule has 0 fully saturated rings. The Hall–Kier alpha value is -7.82. The van der Waals surface area contributed by atoms with Crippen molar-refractivity contribution in [2.24, 2.45) is 0 Å². The number of rotatable bonds is 5. The minimum absolute atomic E-state index is 0.710. The fourth-order valence-corrected chi connectivity index (χ4v) is 9.10. The van der Waals surface area contributed by atoms with Gasteiger partial charge in [0, 0.05) is 49.3 Å². The minimum Gasteiger partial charge on any atom is -0.309 e. The molecular weight excluding hydrogens is 705 g/mol. The zero-order valence-corrected chi connectivity index (χ0v) is 31.4. The van der Waals surface area contributed by atoms with Gasteiger partial charge in [0.1, 0.15) is 0 Å². The molecule has 0 unspecified atom stereocenters. The maximum atomic E-state index is 5.16. The van der Waals surface area contributed by atoms with Crippen LogP contribution >= 0.6 is 0 Å². The van der Waals surface area contributed by atoms with Crippen LogP contribution in [0.3, 0.4) is 0 Å². The van der Waals surface area contributed by atoms with E-state index in [2.05, 4.69) is 203 Å². The lowest BCUT2D eigenvalue weighted by atomic mass is 10.0. The van der Waals surface area contributed by atoms with Crippen molar-refractivity contribution in [3.8, 4) is 45.1 Å². The van der Waals surface area contributed by atoms with Crippen LogP contribution in [0.15, 0.2) is 206 Å². The fourth-order valence-electron chi connectivity index (χ4n) is 9.10. The Kier molecular flexibility index (Phi) is 7.20. The summed E-state index contributed by atoms with van der Waals surface area (Å²) in [5.74, 6) is 0.710. The average molecular weight is 739 g/mol. The van der Waals surface area contributed by atoms with Crippen LogP contribution in [0, 0.1) is 0 Å². The van der Waals surface area contributed by atoms with E-state index in [0.717, 1.165) is 50.1 Å². The highest BCUT2D eigenvalue weighted by Gasteiger charge is 2.21. The number of hydrogen-bond acceptors (Lipinski definition) is 2. The Morgan fingerprint density at radius 3 is 1.83 bits per heavy atom. The number of hydrogen-bond donors (Lipinski definition) is 0. The van der Waals surface area contributed by atoms with E-state index < -0.39 is 0 Å². The molecule has 0 aliphatic heterocycles. The van der Waals surface area contributed by atoms with Crippen LogP contribution in [0.25, 0.3) is 110 Å². The van der Waals surface area contributed by atoms with Crippen molar-refractivity contribution in [1.29, 1.82) is 0 Å². The van der Waals surface area contributed by atoms with E-state index in [4.69, 9.17) is 9.97 Å². The minimum atomic E-state index is 0.710. The van der Waals surface area contributed by atoms with E-state index >= 15 is 0 Å². The lowest BCUT2D eigenvalue weighted by molar-refractivity contribution is 1.16. The number of benzene rings is 9. The van der Waals surface area contributed by atoms with E-state index in [-0.39, 0.29) is 0 Å². The molecule has 4 heteroatoms. The van der Waals surface area contributed by atoms with Crippen molar-refractivity contribution >= 4 is 65.3 Å². The van der Waals surface area contributed by atoms with Crippen molar-refractivity contribution in [3.05, 3.63) is 206 Å². The first-order chi connectivity index (χ1) is 28.8. The Labute approximate surface area is 334 Å². The highest BCUT2D eigenvalue weighted by atomic mass is 15.0. The van der Waals surface area contributed by atoms with Gasteiger partial charge in [-0.2, -0.15) is 0 Å². The molecule has 4 nitrogen and oxygen atoms in total. The third-order valence-electron chi connectivity index (χ3n) is 11.7. The molecule has 0 atom stereocenters. The zero-order valence-electron chi connectivity index (χ0n) is 31.4. The number of fused-ring (bicyclic) bond motifs is 9. The lowest BCUT2D eigenvalue weighted by Gasteiger charge is -2.15. The monoisotopic (exact) mass is 738 g/mol. The predicted molar refractivity (Wildman–Crippen MR) is 242 cm³/mol. The van der Waals surface area contributed by atoms with Gasteiger partial charge in [0.2, 0.25) is 0 Å². The molecular formula is C54H34N4. The molecule has 9 aromatic carbocycles. The van der Waals surface area contributed by atoms with Gasteiger partial charge in [-0.25, -0.2) is 9.97 Å². The number of aromatic nitrogens is 4. The molecule has 0 aliphatic rings. The SMILES string of the molecule is c1ccc(-c2ccccc2-n2c3cc4c(cc3c3c5ccccc5ccc32)c2ccccc2n4-c2ccc(-c3nc(-c4ccccc4)c4ccccc4n3)cc2)cc1. The molecule has 3 heterocycles. The molecule has 0 saturated heterocycles. The molecule has 270 valence electrons. The summed E-state index contributed by atoms with van der Waals surface area (Å²) in [6, 6.07) is 73.8. The largest absolute Gasteiger partial charge is 0.309 e. The Bertz CT molecular complexity index is 3540. The first-order valence-electron chi connectivity index (χ1n) is 19.8. The van der Waals surface area contributed by atoms with E-state index in [9.17, 15) is 0 Å². The third-order valence-corrected chi connectivity index (χ3v) is 11.7. The van der Waals surface area contributed by atoms with Crippen LogP contribution < -0.4 is 0 Å². The topological polar surface area (TPSA) is 35.6 Å². The first-order valence-corrected chi connectivity index (χ1v) is 19.8. The van der Waals surface area contributed by atoms with E-state index in [1.165, 1.54) is 54.5 Å². The predicted octanol–water partition coefficient (Wildman–Crippen LogP) is 14.0. The van der Waals surface area contributed by atoms with Gasteiger partial charge in [-0.05, 0) is 77.0 Å². The van der Waals surface area contributed by atoms with Crippen molar-refractivity contribution < 1.29 is 0 Å². The molecule has 12 rings (SSSR count). The molecule has 12 aromatic rings. The quantitative estimate of drug-likeness (QED) is 0.176. The number of para-hydroxylation sites is 3. The Morgan fingerprint density at radius 1 is 0.345 bits per heavy atom. The second-order valence-corrected chi connectivity index (χ2v) is 15.0. The molecule has 0 aliphatic carbocycles. The first kappa shape index (κ1) is 32.4. The van der Waals surface area contributed by atoms with Crippen LogP contribution in [0.5, 0.6) is 0 Å². The normalized spacial score (nSPS) is 11.8. The number of nitrogens with zero attached hydrogens (tertiary/aromatic N) is 4. The van der Waals surface area contributed by atoms with Gasteiger partial charge in [-0.3, -0.25) is 0 Å². The molecule has 3 aromatic heterocycles. The Morgan fingerprint density at radius 2 is 1.00 bits per heavy atom. The van der Waals surface area contributed by atoms with Crippen LogP contribution in [-0.2, 0) is 0 Å². The maximum absolute atomic E-state index is 5.16. The standard InChI is InChI=1S/C54H34N4/c1-3-15-35(16-4-1)40-20-10-13-25-47(40)58-49-32-29-36-17-7-8-21-41(36)52(49)45-33-44-42-22-11-14-26-48(42)57(50(44)34-51(45)58)39-30-27-38(28-31-39)54-55-46-24-12-9-23-43(46)53(56-54)37-18-5-2-6-19-37/h1-34H. The van der Waals surface area contributed by atoms with Gasteiger partial charge < -0.3 is 9.13 Å². The second kappa shape index (κ2) is 12.9. The van der Waals surface area contributed by atoms with Crippen LogP contribution in [-0.4, -0.2) is 19.1 Å². The van der Waals surface area contributed by atoms with Crippen LogP contribution in [0.4, 0.5) is 0 Å². The van der Waals surface area contributed by atoms with E-state index in [1.807, 2.05) is 12.1 Å². The van der Waals surface area contributed by atoms with E-state index in [1.54, 1.807) is 0 Å². The van der Waals surface area contributed by atoms with Crippen molar-refractivity contribution in [2.75, 3.05) is 0 Å². The van der Waals surface area contributed by atoms with Gasteiger partial charge in [0.15, 0.2) is 5.82 Å². The van der Waals surface area contributed by atoms with Gasteiger partial charge in [0.05, 0.1) is 39.0 Å². The molecule has 0 bridgehead atoms. The van der Waals surface area contributed by atoms with Gasteiger partial charge in [-0.1, -0.05) is 146 Å². The third kappa shape index (κ3) is 4.95. The summed E-state index contributed by atoms with van der Waals surface area (Å²) in [5, 5.41) is 8.49. The molecule has 0 saturated carbocycles. The van der Waals surface area contributed by atoms with Crippen LogP contribution in [0.1, 0.15) is 0 Å². The van der Waals surface area contributed by atoms with Gasteiger partial charge in [0.25, 0.3) is 0 Å². The van der Waals surface area contributed by atoms with Crippen molar-refractivity contribution in [1.82, 2.24) is 19.1 Å². The average Bonchev–Trinajstić information content (AvgIpc) is 3.80. The van der Waals surface area contributed by atoms with Crippen LogP contribution in [0.2, 0.25) is 0 Å². The summed E-state index contributed by atoms with van der Waals surface area (Å²) >= 11 is 0. The summed E-state index contributed by atoms with van der Waals surface area (Å²) in [7, 11) is 0. The molecule has 0 radical (unpaired) electrons. The summed E-state index contributed by atoms with van der Waals surface area (Å²) in [5.41, 5.74) is 13.2. The summed E-state index contributed by atoms with van der Waals surface area (Å²) < 4.78 is 4.89. The maximum Gasteiger partial charge on any atom is 0.160 e. The lowest BCUT2D eigenvalue weighted by Crippen LogP contribution is -1.98. The molecule has 0 spiro atoms. The highest BCUT2D eigenvalue weighted by molar-refractivity contribution is 6.25. The van der Waals surface area contributed by atoms with Gasteiger partial charge in [-0.15, -0.1) is 0 Å². The summed E-state index contributed by atoms with van der Waals surface area (Å²) in [6.45, 7) is 0. The summed E-state index contributed by atoms with van der Waals surface area (Å²) in [6.07, 6.45) is 0. The molecule has 58 heavy (non-hydrogen) atoms. The van der Waals surface area contributed by atoms with Gasteiger partial charge >= 0.3 is 0 Å². The second-order valence-electron chi connectivity index (χ2n) is 15.0. The summed E-state index contributed by atoms with van der Waals surface area (Å²) in [4.78, 5) is 10.2. The molecule has 0 N–H and O–H groups in total. The van der Waals surface area contributed by atoms with Crippen molar-refractivity contribution in [2.45, 2.75) is 0 Å².